The van der Waals surface area contributed by atoms with Crippen LogP contribution in [0.2, 0.25) is 0 Å². The van der Waals surface area contributed by atoms with Gasteiger partial charge in [0.05, 0.1) is 23.2 Å². The molecule has 2 heterocycles. The third-order valence-electron chi connectivity index (χ3n) is 5.82. The molecule has 5 nitrogen and oxygen atoms in total. The molecule has 1 fully saturated rings. The highest BCUT2D eigenvalue weighted by atomic mass is 16.1. The van der Waals surface area contributed by atoms with Crippen LogP contribution in [-0.2, 0) is 19.5 Å². The van der Waals surface area contributed by atoms with Gasteiger partial charge in [0.15, 0.2) is 5.65 Å². The zero-order valence-electron chi connectivity index (χ0n) is 17.7. The average molecular weight is 411 g/mol. The van der Waals surface area contributed by atoms with Crippen LogP contribution in [0, 0.1) is 0 Å². The lowest BCUT2D eigenvalue weighted by Crippen LogP contribution is -2.23. The molecule has 1 N–H and O–H groups in total. The molecule has 1 saturated carbocycles. The molecule has 0 saturated heterocycles. The van der Waals surface area contributed by atoms with E-state index >= 15 is 0 Å². The van der Waals surface area contributed by atoms with Crippen molar-refractivity contribution in [3.63, 3.8) is 0 Å². The molecule has 1 aliphatic rings. The highest BCUT2D eigenvalue weighted by Crippen LogP contribution is 2.43. The van der Waals surface area contributed by atoms with Crippen molar-refractivity contribution in [3.05, 3.63) is 94.8 Å². The van der Waals surface area contributed by atoms with E-state index in [0.29, 0.717) is 24.6 Å². The number of nitrogens with one attached hydrogen (secondary N) is 1. The van der Waals surface area contributed by atoms with Crippen LogP contribution >= 0.6 is 0 Å². The number of pyridine rings is 1. The molecule has 5 heteroatoms. The van der Waals surface area contributed by atoms with Crippen LogP contribution < -0.4 is 5.32 Å². The Morgan fingerprint density at radius 3 is 2.35 bits per heavy atom. The van der Waals surface area contributed by atoms with Crippen molar-refractivity contribution in [2.24, 2.45) is 0 Å². The second kappa shape index (κ2) is 8.34. The highest BCUT2D eigenvalue weighted by Gasteiger charge is 2.32. The van der Waals surface area contributed by atoms with E-state index in [1.54, 1.807) is 0 Å². The first-order valence-corrected chi connectivity index (χ1v) is 11.0. The van der Waals surface area contributed by atoms with Gasteiger partial charge in [-0.05, 0) is 36.5 Å². The van der Waals surface area contributed by atoms with Crippen molar-refractivity contribution >= 4 is 16.9 Å². The molecule has 0 atom stereocenters. The van der Waals surface area contributed by atoms with Gasteiger partial charge in [0.2, 0.25) is 0 Å². The summed E-state index contributed by atoms with van der Waals surface area (Å²) in [4.78, 5) is 18.2. The number of aryl methyl sites for hydroxylation is 1. The first kappa shape index (κ1) is 19.5. The number of hydrogen-bond acceptors (Lipinski definition) is 3. The first-order chi connectivity index (χ1) is 15.2. The van der Waals surface area contributed by atoms with E-state index in [0.717, 1.165) is 47.2 Å². The lowest BCUT2D eigenvalue weighted by Gasteiger charge is -2.10. The van der Waals surface area contributed by atoms with Crippen molar-refractivity contribution in [2.75, 3.05) is 0 Å². The Hall–Kier alpha value is -3.47. The molecule has 31 heavy (non-hydrogen) atoms. The standard InChI is InChI=1S/C26H26N4O/c1-2-21-15-22(26(31)27-16-18-9-5-3-6-10-18)23-24(20-13-14-20)29-30(25(23)28-21)17-19-11-7-4-8-12-19/h3-12,15,20H,2,13-14,16-17H2,1H3,(H,27,31). The Balaban J connectivity index is 1.56. The van der Waals surface area contributed by atoms with Gasteiger partial charge < -0.3 is 5.32 Å². The fourth-order valence-electron chi connectivity index (χ4n) is 3.99. The fourth-order valence-corrected chi connectivity index (χ4v) is 3.99. The highest BCUT2D eigenvalue weighted by molar-refractivity contribution is 6.06. The number of carbonyl (C=O) groups excluding carboxylic acids is 1. The molecular weight excluding hydrogens is 384 g/mol. The molecule has 0 spiro atoms. The van der Waals surface area contributed by atoms with E-state index in [9.17, 15) is 4.79 Å². The maximum atomic E-state index is 13.3. The lowest BCUT2D eigenvalue weighted by molar-refractivity contribution is 0.0952. The molecule has 0 unspecified atom stereocenters. The van der Waals surface area contributed by atoms with E-state index in [4.69, 9.17) is 10.1 Å². The van der Waals surface area contributed by atoms with Crippen LogP contribution in [0.25, 0.3) is 11.0 Å². The number of carbonyl (C=O) groups is 1. The average Bonchev–Trinajstić information content (AvgIpc) is 3.60. The number of fused-ring (bicyclic) bond motifs is 1. The van der Waals surface area contributed by atoms with Gasteiger partial charge in [0.25, 0.3) is 5.91 Å². The second-order valence-electron chi connectivity index (χ2n) is 8.18. The van der Waals surface area contributed by atoms with Crippen LogP contribution in [0.5, 0.6) is 0 Å². The summed E-state index contributed by atoms with van der Waals surface area (Å²) >= 11 is 0. The van der Waals surface area contributed by atoms with E-state index in [1.807, 2.05) is 59.3 Å². The van der Waals surface area contributed by atoms with Gasteiger partial charge in [0.1, 0.15) is 0 Å². The Morgan fingerprint density at radius 2 is 1.71 bits per heavy atom. The van der Waals surface area contributed by atoms with Crippen LogP contribution in [0.4, 0.5) is 0 Å². The summed E-state index contributed by atoms with van der Waals surface area (Å²) in [5.41, 5.74) is 5.70. The minimum Gasteiger partial charge on any atom is -0.348 e. The van der Waals surface area contributed by atoms with Crippen molar-refractivity contribution < 1.29 is 4.79 Å². The van der Waals surface area contributed by atoms with Gasteiger partial charge >= 0.3 is 0 Å². The molecule has 1 aliphatic carbocycles. The van der Waals surface area contributed by atoms with E-state index < -0.39 is 0 Å². The largest absolute Gasteiger partial charge is 0.348 e. The van der Waals surface area contributed by atoms with E-state index in [1.165, 1.54) is 5.56 Å². The number of aromatic nitrogens is 3. The summed E-state index contributed by atoms with van der Waals surface area (Å²) in [5, 5.41) is 8.98. The third kappa shape index (κ3) is 4.08. The summed E-state index contributed by atoms with van der Waals surface area (Å²) in [5.74, 6) is 0.363. The zero-order valence-corrected chi connectivity index (χ0v) is 17.7. The quantitative estimate of drug-likeness (QED) is 0.474. The predicted molar refractivity (Wildman–Crippen MR) is 122 cm³/mol. The van der Waals surface area contributed by atoms with E-state index in [-0.39, 0.29) is 5.91 Å². The van der Waals surface area contributed by atoms with Crippen molar-refractivity contribution in [3.8, 4) is 0 Å². The Labute approximate surface area is 182 Å². The molecular formula is C26H26N4O. The third-order valence-corrected chi connectivity index (χ3v) is 5.82. The number of rotatable bonds is 7. The van der Waals surface area contributed by atoms with Gasteiger partial charge in [-0.3, -0.25) is 4.79 Å². The molecule has 4 aromatic rings. The minimum atomic E-state index is -0.0629. The molecule has 0 aliphatic heterocycles. The Kier molecular flexibility index (Phi) is 5.24. The van der Waals surface area contributed by atoms with Crippen LogP contribution in [-0.4, -0.2) is 20.7 Å². The summed E-state index contributed by atoms with van der Waals surface area (Å²) in [6.45, 7) is 3.22. The maximum absolute atomic E-state index is 13.3. The Morgan fingerprint density at radius 1 is 1.03 bits per heavy atom. The monoisotopic (exact) mass is 410 g/mol. The van der Waals surface area contributed by atoms with Crippen LogP contribution in [0.3, 0.4) is 0 Å². The van der Waals surface area contributed by atoms with Crippen LogP contribution in [0.1, 0.15) is 58.6 Å². The van der Waals surface area contributed by atoms with Gasteiger partial charge in [0, 0.05) is 18.2 Å². The topological polar surface area (TPSA) is 59.8 Å². The number of benzene rings is 2. The minimum absolute atomic E-state index is 0.0629. The smallest absolute Gasteiger partial charge is 0.252 e. The first-order valence-electron chi connectivity index (χ1n) is 11.0. The molecule has 2 aromatic carbocycles. The fraction of sp³-hybridized carbons (Fsp3) is 0.269. The lowest BCUT2D eigenvalue weighted by atomic mass is 10.1. The molecule has 156 valence electrons. The molecule has 2 aromatic heterocycles. The zero-order chi connectivity index (χ0) is 21.2. The predicted octanol–water partition coefficient (Wildman–Crippen LogP) is 4.85. The number of nitrogens with zero attached hydrogens (tertiary/aromatic N) is 3. The second-order valence-corrected chi connectivity index (χ2v) is 8.18. The Bertz CT molecular complexity index is 1210. The normalized spacial score (nSPS) is 13.5. The van der Waals surface area contributed by atoms with Crippen LogP contribution in [0.15, 0.2) is 66.7 Å². The molecule has 1 amide bonds. The van der Waals surface area contributed by atoms with Gasteiger partial charge in [-0.15, -0.1) is 0 Å². The number of hydrogen-bond donors (Lipinski definition) is 1. The molecule has 5 rings (SSSR count). The SMILES string of the molecule is CCc1cc(C(=O)NCc2ccccc2)c2c(C3CC3)nn(Cc3ccccc3)c2n1. The molecule has 0 radical (unpaired) electrons. The summed E-state index contributed by atoms with van der Waals surface area (Å²) < 4.78 is 1.98. The molecule has 0 bridgehead atoms. The van der Waals surface area contributed by atoms with Gasteiger partial charge in [-0.2, -0.15) is 5.10 Å². The number of amides is 1. The van der Waals surface area contributed by atoms with Gasteiger partial charge in [-0.1, -0.05) is 67.6 Å². The summed E-state index contributed by atoms with van der Waals surface area (Å²) in [7, 11) is 0. The maximum Gasteiger partial charge on any atom is 0.252 e. The van der Waals surface area contributed by atoms with E-state index in [2.05, 4.69) is 24.4 Å². The summed E-state index contributed by atoms with van der Waals surface area (Å²) in [6, 6.07) is 22.2. The van der Waals surface area contributed by atoms with Gasteiger partial charge in [-0.25, -0.2) is 9.67 Å². The summed E-state index contributed by atoms with van der Waals surface area (Å²) in [6.07, 6.45) is 3.01. The van der Waals surface area contributed by atoms with Crippen molar-refractivity contribution in [1.82, 2.24) is 20.1 Å². The van der Waals surface area contributed by atoms with Crippen molar-refractivity contribution in [1.29, 1.82) is 0 Å². The van der Waals surface area contributed by atoms with Crippen molar-refractivity contribution in [2.45, 2.75) is 45.2 Å².